The van der Waals surface area contributed by atoms with Crippen LogP contribution in [0.2, 0.25) is 0 Å². The normalized spacial score (nSPS) is 13.7. The third kappa shape index (κ3) is 3.03. The van der Waals surface area contributed by atoms with Crippen LogP contribution in [0.1, 0.15) is 11.1 Å². The molecule has 2 N–H and O–H groups in total. The molecule has 5 heteroatoms. The first-order chi connectivity index (χ1) is 10.0. The van der Waals surface area contributed by atoms with Crippen molar-refractivity contribution in [2.24, 2.45) is 0 Å². The lowest BCUT2D eigenvalue weighted by Gasteiger charge is -2.06. The van der Waals surface area contributed by atoms with Crippen LogP contribution in [-0.4, -0.2) is 20.8 Å². The molecule has 3 rings (SSSR count). The van der Waals surface area contributed by atoms with Crippen molar-refractivity contribution in [2.45, 2.75) is 17.7 Å². The fourth-order valence-corrected chi connectivity index (χ4v) is 3.73. The molecule has 0 fully saturated rings. The highest BCUT2D eigenvalue weighted by Gasteiger charge is 2.16. The zero-order valence-electron chi connectivity index (χ0n) is 11.6. The number of benzene rings is 2. The average Bonchev–Trinajstić information content (AvgIpc) is 2.93. The standard InChI is InChI=1S/C16H17NO3S/c17-14-2-4-15(5-3-14)21(18,19)10-8-12-1-6-16-13(11-12)7-9-20-16/h1-6,11H,7-10,17H2. The summed E-state index contributed by atoms with van der Waals surface area (Å²) < 4.78 is 30.0. The zero-order valence-corrected chi connectivity index (χ0v) is 12.4. The molecular weight excluding hydrogens is 286 g/mol. The van der Waals surface area contributed by atoms with Crippen molar-refractivity contribution in [3.8, 4) is 5.75 Å². The topological polar surface area (TPSA) is 69.4 Å². The Hall–Kier alpha value is -2.01. The van der Waals surface area contributed by atoms with Gasteiger partial charge >= 0.3 is 0 Å². The zero-order chi connectivity index (χ0) is 14.9. The van der Waals surface area contributed by atoms with Crippen LogP contribution in [0, 0.1) is 0 Å². The number of nitrogens with two attached hydrogens (primary N) is 1. The van der Waals surface area contributed by atoms with E-state index in [1.165, 1.54) is 0 Å². The van der Waals surface area contributed by atoms with Crippen molar-refractivity contribution in [2.75, 3.05) is 18.1 Å². The summed E-state index contributed by atoms with van der Waals surface area (Å²) >= 11 is 0. The van der Waals surface area contributed by atoms with E-state index in [4.69, 9.17) is 10.5 Å². The molecule has 2 aromatic rings. The van der Waals surface area contributed by atoms with E-state index in [9.17, 15) is 8.42 Å². The van der Waals surface area contributed by atoms with Crippen molar-refractivity contribution in [1.82, 2.24) is 0 Å². The second kappa shape index (κ2) is 5.41. The molecule has 0 atom stereocenters. The highest BCUT2D eigenvalue weighted by atomic mass is 32.2. The Morgan fingerprint density at radius 1 is 1.10 bits per heavy atom. The quantitative estimate of drug-likeness (QED) is 0.879. The summed E-state index contributed by atoms with van der Waals surface area (Å²) in [5, 5.41) is 0. The van der Waals surface area contributed by atoms with Crippen LogP contribution in [0.15, 0.2) is 47.4 Å². The van der Waals surface area contributed by atoms with E-state index in [0.717, 1.165) is 23.3 Å². The number of nitrogen functional groups attached to an aromatic ring is 1. The van der Waals surface area contributed by atoms with Crippen LogP contribution in [0.3, 0.4) is 0 Å². The number of sulfone groups is 1. The largest absolute Gasteiger partial charge is 0.493 e. The predicted octanol–water partition coefficient (Wildman–Crippen LogP) is 2.22. The lowest BCUT2D eigenvalue weighted by atomic mass is 10.1. The Bertz CT molecular complexity index is 752. The minimum absolute atomic E-state index is 0.0938. The maximum Gasteiger partial charge on any atom is 0.178 e. The Balaban J connectivity index is 1.73. The molecule has 0 radical (unpaired) electrons. The predicted molar refractivity (Wildman–Crippen MR) is 82.3 cm³/mol. The molecule has 4 nitrogen and oxygen atoms in total. The van der Waals surface area contributed by atoms with Gasteiger partial charge in [0, 0.05) is 12.1 Å². The summed E-state index contributed by atoms with van der Waals surface area (Å²) in [6.07, 6.45) is 1.40. The van der Waals surface area contributed by atoms with Gasteiger partial charge in [-0.25, -0.2) is 8.42 Å². The van der Waals surface area contributed by atoms with Crippen LogP contribution < -0.4 is 10.5 Å². The molecule has 1 heterocycles. The Morgan fingerprint density at radius 2 is 1.86 bits per heavy atom. The molecule has 0 aromatic heterocycles. The molecule has 0 amide bonds. The number of rotatable bonds is 4. The monoisotopic (exact) mass is 303 g/mol. The van der Waals surface area contributed by atoms with Gasteiger partial charge in [-0.15, -0.1) is 0 Å². The fourth-order valence-electron chi connectivity index (χ4n) is 2.44. The lowest BCUT2D eigenvalue weighted by Crippen LogP contribution is -2.09. The van der Waals surface area contributed by atoms with Crippen LogP contribution in [0.5, 0.6) is 5.75 Å². The smallest absolute Gasteiger partial charge is 0.178 e. The number of aryl methyl sites for hydroxylation is 1. The molecule has 0 aliphatic carbocycles. The highest BCUT2D eigenvalue weighted by Crippen LogP contribution is 2.26. The van der Waals surface area contributed by atoms with Crippen molar-refractivity contribution < 1.29 is 13.2 Å². The lowest BCUT2D eigenvalue weighted by molar-refractivity contribution is 0.357. The van der Waals surface area contributed by atoms with Crippen LogP contribution in [-0.2, 0) is 22.7 Å². The van der Waals surface area contributed by atoms with Crippen molar-refractivity contribution in [3.05, 3.63) is 53.6 Å². The van der Waals surface area contributed by atoms with Gasteiger partial charge in [-0.1, -0.05) is 12.1 Å². The van der Waals surface area contributed by atoms with E-state index in [0.29, 0.717) is 23.6 Å². The summed E-state index contributed by atoms with van der Waals surface area (Å²) in [7, 11) is -3.28. The molecule has 0 bridgehead atoms. The van der Waals surface area contributed by atoms with Crippen LogP contribution in [0.25, 0.3) is 0 Å². The first-order valence-corrected chi connectivity index (χ1v) is 8.53. The second-order valence-electron chi connectivity index (χ2n) is 5.18. The number of fused-ring (bicyclic) bond motifs is 1. The van der Waals surface area contributed by atoms with Crippen molar-refractivity contribution in [3.63, 3.8) is 0 Å². The van der Waals surface area contributed by atoms with Crippen LogP contribution in [0.4, 0.5) is 5.69 Å². The maximum absolute atomic E-state index is 12.3. The number of hydrogen-bond acceptors (Lipinski definition) is 4. The summed E-state index contributed by atoms with van der Waals surface area (Å²) in [5.41, 5.74) is 8.33. The second-order valence-corrected chi connectivity index (χ2v) is 7.29. The van der Waals surface area contributed by atoms with Gasteiger partial charge in [-0.05, 0) is 47.9 Å². The maximum atomic E-state index is 12.3. The molecule has 1 aliphatic heterocycles. The SMILES string of the molecule is Nc1ccc(S(=O)(=O)CCc2ccc3c(c2)CCO3)cc1. The molecule has 1 aliphatic rings. The van der Waals surface area contributed by atoms with Gasteiger partial charge in [-0.2, -0.15) is 0 Å². The average molecular weight is 303 g/mol. The summed E-state index contributed by atoms with van der Waals surface area (Å²) in [6.45, 7) is 0.711. The van der Waals surface area contributed by atoms with E-state index in [1.54, 1.807) is 24.3 Å². The molecule has 21 heavy (non-hydrogen) atoms. The number of ether oxygens (including phenoxy) is 1. The molecule has 0 saturated heterocycles. The molecule has 110 valence electrons. The minimum atomic E-state index is -3.28. The van der Waals surface area contributed by atoms with Gasteiger partial charge in [-0.3, -0.25) is 0 Å². The number of anilines is 1. The van der Waals surface area contributed by atoms with E-state index < -0.39 is 9.84 Å². The molecule has 0 spiro atoms. The summed E-state index contributed by atoms with van der Waals surface area (Å²) in [4.78, 5) is 0.321. The van der Waals surface area contributed by atoms with Gasteiger partial charge in [0.2, 0.25) is 0 Å². The Kier molecular flexibility index (Phi) is 3.59. The number of hydrogen-bond donors (Lipinski definition) is 1. The molecule has 0 unspecified atom stereocenters. The van der Waals surface area contributed by atoms with E-state index in [2.05, 4.69) is 0 Å². The van der Waals surface area contributed by atoms with Crippen molar-refractivity contribution >= 4 is 15.5 Å². The minimum Gasteiger partial charge on any atom is -0.493 e. The van der Waals surface area contributed by atoms with Gasteiger partial charge in [0.15, 0.2) is 9.84 Å². The Labute approximate surface area is 124 Å². The van der Waals surface area contributed by atoms with Crippen LogP contribution >= 0.6 is 0 Å². The van der Waals surface area contributed by atoms with Gasteiger partial charge in [0.1, 0.15) is 5.75 Å². The third-order valence-electron chi connectivity index (χ3n) is 3.65. The summed E-state index contributed by atoms with van der Waals surface area (Å²) in [5.74, 6) is 1.01. The first-order valence-electron chi connectivity index (χ1n) is 6.87. The first kappa shape index (κ1) is 13.9. The fraction of sp³-hybridized carbons (Fsp3) is 0.250. The third-order valence-corrected chi connectivity index (χ3v) is 5.38. The molecule has 2 aromatic carbocycles. The van der Waals surface area contributed by atoms with E-state index in [-0.39, 0.29) is 5.75 Å². The van der Waals surface area contributed by atoms with Gasteiger partial charge in [0.05, 0.1) is 17.3 Å². The summed E-state index contributed by atoms with van der Waals surface area (Å²) in [6, 6.07) is 12.2. The van der Waals surface area contributed by atoms with E-state index >= 15 is 0 Å². The van der Waals surface area contributed by atoms with Crippen molar-refractivity contribution in [1.29, 1.82) is 0 Å². The Morgan fingerprint density at radius 3 is 2.62 bits per heavy atom. The van der Waals surface area contributed by atoms with E-state index in [1.807, 2.05) is 18.2 Å². The molecule has 0 saturated carbocycles. The molecular formula is C16H17NO3S. The van der Waals surface area contributed by atoms with Gasteiger partial charge in [0.25, 0.3) is 0 Å². The van der Waals surface area contributed by atoms with Gasteiger partial charge < -0.3 is 10.5 Å². The highest BCUT2D eigenvalue weighted by molar-refractivity contribution is 7.91.